The van der Waals surface area contributed by atoms with Crippen molar-refractivity contribution in [1.29, 1.82) is 0 Å². The molecule has 1 heterocycles. The van der Waals surface area contributed by atoms with Crippen molar-refractivity contribution >= 4 is 28.4 Å². The van der Waals surface area contributed by atoms with Crippen LogP contribution in [0.4, 0.5) is 11.4 Å². The van der Waals surface area contributed by atoms with Gasteiger partial charge in [-0.05, 0) is 25.1 Å². The highest BCUT2D eigenvalue weighted by Crippen LogP contribution is 2.25. The summed E-state index contributed by atoms with van der Waals surface area (Å²) in [5.74, 6) is -1.12. The molecule has 0 fully saturated rings. The lowest BCUT2D eigenvalue weighted by molar-refractivity contribution is -0.385. The molecule has 0 bridgehead atoms. The number of nitrogens with one attached hydrogen (secondary N) is 1. The summed E-state index contributed by atoms with van der Waals surface area (Å²) >= 11 is 0. The van der Waals surface area contributed by atoms with Crippen LogP contribution in [0.3, 0.4) is 0 Å². The van der Waals surface area contributed by atoms with Crippen molar-refractivity contribution < 1.29 is 14.1 Å². The smallest absolute Gasteiger partial charge is 0.408 e. The highest BCUT2D eigenvalue weighted by Gasteiger charge is 2.16. The Labute approximate surface area is 135 Å². The molecule has 24 heavy (non-hydrogen) atoms. The molecule has 0 atom stereocenters. The summed E-state index contributed by atoms with van der Waals surface area (Å²) in [4.78, 5) is 34.5. The molecule has 1 amide bonds. The number of anilines is 1. The summed E-state index contributed by atoms with van der Waals surface area (Å²) in [6, 6.07) is 11.2. The van der Waals surface area contributed by atoms with Gasteiger partial charge in [-0.1, -0.05) is 18.2 Å². The molecule has 0 spiro atoms. The number of nitro groups is 1. The van der Waals surface area contributed by atoms with Crippen LogP contribution in [-0.2, 0) is 11.3 Å². The predicted molar refractivity (Wildman–Crippen MR) is 86.9 cm³/mol. The fourth-order valence-electron chi connectivity index (χ4n) is 2.45. The number of carbonyl (C=O) groups is 1. The van der Waals surface area contributed by atoms with Gasteiger partial charge in [-0.25, -0.2) is 4.79 Å². The quantitative estimate of drug-likeness (QED) is 0.585. The van der Waals surface area contributed by atoms with E-state index in [0.717, 1.165) is 0 Å². The highest BCUT2D eigenvalue weighted by atomic mass is 16.6. The van der Waals surface area contributed by atoms with Crippen LogP contribution in [0, 0.1) is 17.0 Å². The van der Waals surface area contributed by atoms with Crippen LogP contribution in [0.15, 0.2) is 51.7 Å². The van der Waals surface area contributed by atoms with E-state index in [9.17, 15) is 19.7 Å². The van der Waals surface area contributed by atoms with Crippen LogP contribution < -0.4 is 11.1 Å². The molecular weight excluding hydrogens is 314 g/mol. The number of nitro benzene ring substituents is 1. The number of carbonyl (C=O) groups excluding carboxylic acids is 1. The van der Waals surface area contributed by atoms with Gasteiger partial charge < -0.3 is 9.73 Å². The van der Waals surface area contributed by atoms with Crippen LogP contribution in [0.25, 0.3) is 11.1 Å². The van der Waals surface area contributed by atoms with E-state index in [1.807, 2.05) is 0 Å². The third kappa shape index (κ3) is 2.76. The van der Waals surface area contributed by atoms with Gasteiger partial charge in [0.15, 0.2) is 5.58 Å². The number of hydrogen-bond donors (Lipinski definition) is 1. The molecule has 1 N–H and O–H groups in total. The van der Waals surface area contributed by atoms with Gasteiger partial charge in [-0.15, -0.1) is 0 Å². The Morgan fingerprint density at radius 2 is 2.00 bits per heavy atom. The van der Waals surface area contributed by atoms with Gasteiger partial charge >= 0.3 is 5.76 Å². The molecule has 3 rings (SSSR count). The van der Waals surface area contributed by atoms with Gasteiger partial charge in [0.2, 0.25) is 5.91 Å². The van der Waals surface area contributed by atoms with Crippen molar-refractivity contribution in [2.45, 2.75) is 13.5 Å². The zero-order valence-corrected chi connectivity index (χ0v) is 12.7. The topological polar surface area (TPSA) is 107 Å². The third-order valence-corrected chi connectivity index (χ3v) is 3.65. The zero-order chi connectivity index (χ0) is 17.3. The van der Waals surface area contributed by atoms with Crippen molar-refractivity contribution in [3.8, 4) is 0 Å². The lowest BCUT2D eigenvalue weighted by atomic mass is 10.1. The second-order valence-electron chi connectivity index (χ2n) is 5.18. The minimum absolute atomic E-state index is 0.0845. The summed E-state index contributed by atoms with van der Waals surface area (Å²) in [6.07, 6.45) is 0. The number of rotatable bonds is 4. The van der Waals surface area contributed by atoms with Crippen LogP contribution in [-0.4, -0.2) is 15.4 Å². The van der Waals surface area contributed by atoms with Crippen LogP contribution in [0.2, 0.25) is 0 Å². The van der Waals surface area contributed by atoms with E-state index < -0.39 is 16.6 Å². The van der Waals surface area contributed by atoms with Crippen molar-refractivity contribution in [2.24, 2.45) is 0 Å². The lowest BCUT2D eigenvalue weighted by Crippen LogP contribution is -2.25. The molecule has 122 valence electrons. The molecule has 3 aromatic rings. The molecule has 0 aliphatic carbocycles. The van der Waals surface area contributed by atoms with Crippen LogP contribution >= 0.6 is 0 Å². The molecule has 8 heteroatoms. The van der Waals surface area contributed by atoms with E-state index in [-0.39, 0.29) is 12.2 Å². The molecule has 8 nitrogen and oxygen atoms in total. The lowest BCUT2D eigenvalue weighted by Gasteiger charge is -2.08. The number of aromatic nitrogens is 1. The largest absolute Gasteiger partial charge is 0.420 e. The Morgan fingerprint density at radius 3 is 2.75 bits per heavy atom. The average molecular weight is 327 g/mol. The first-order valence-electron chi connectivity index (χ1n) is 7.09. The first-order chi connectivity index (χ1) is 11.5. The Hall–Kier alpha value is -3.42. The minimum atomic E-state index is -0.637. The highest BCUT2D eigenvalue weighted by molar-refractivity contribution is 5.92. The van der Waals surface area contributed by atoms with Gasteiger partial charge in [0, 0.05) is 6.07 Å². The number of fused-ring (bicyclic) bond motifs is 1. The Bertz CT molecular complexity index is 1000. The Morgan fingerprint density at radius 1 is 1.25 bits per heavy atom. The maximum Gasteiger partial charge on any atom is 0.420 e. The van der Waals surface area contributed by atoms with Gasteiger partial charge in [0.05, 0.1) is 21.7 Å². The van der Waals surface area contributed by atoms with E-state index >= 15 is 0 Å². The first-order valence-corrected chi connectivity index (χ1v) is 7.09. The van der Waals surface area contributed by atoms with E-state index in [0.29, 0.717) is 22.4 Å². The van der Waals surface area contributed by atoms with Crippen molar-refractivity contribution in [2.75, 3.05) is 5.32 Å². The normalized spacial score (nSPS) is 10.7. The molecule has 0 aliphatic heterocycles. The second-order valence-corrected chi connectivity index (χ2v) is 5.18. The fraction of sp³-hybridized carbons (Fsp3) is 0.125. The van der Waals surface area contributed by atoms with Crippen molar-refractivity contribution in [3.63, 3.8) is 0 Å². The molecule has 0 saturated heterocycles. The van der Waals surface area contributed by atoms with Crippen molar-refractivity contribution in [1.82, 2.24) is 4.57 Å². The van der Waals surface area contributed by atoms with Crippen molar-refractivity contribution in [3.05, 3.63) is 68.7 Å². The average Bonchev–Trinajstić information content (AvgIpc) is 2.85. The van der Waals surface area contributed by atoms with Crippen LogP contribution in [0.1, 0.15) is 5.56 Å². The monoisotopic (exact) mass is 327 g/mol. The molecular formula is C16H13N3O5. The number of oxazole rings is 1. The summed E-state index contributed by atoms with van der Waals surface area (Å²) in [5, 5.41) is 13.5. The maximum absolute atomic E-state index is 12.2. The van der Waals surface area contributed by atoms with Gasteiger partial charge in [-0.2, -0.15) is 0 Å². The van der Waals surface area contributed by atoms with Gasteiger partial charge in [0.25, 0.3) is 5.69 Å². The van der Waals surface area contributed by atoms with Gasteiger partial charge in [0.1, 0.15) is 6.54 Å². The summed E-state index contributed by atoms with van der Waals surface area (Å²) in [5.41, 5.74) is 1.49. The minimum Gasteiger partial charge on any atom is -0.408 e. The van der Waals surface area contributed by atoms with E-state index in [1.165, 1.54) is 16.7 Å². The standard InChI is InChI=1S/C16H13N3O5/c1-10-11(5-4-7-12(10)19(22)23)17-15(20)9-18-13-6-2-3-8-14(13)24-16(18)21/h2-8H,9H2,1H3,(H,17,20). The molecule has 2 aromatic carbocycles. The fourth-order valence-corrected chi connectivity index (χ4v) is 2.45. The molecule has 1 aromatic heterocycles. The van der Waals surface area contributed by atoms with E-state index in [2.05, 4.69) is 5.32 Å². The predicted octanol–water partition coefficient (Wildman–Crippen LogP) is 2.45. The molecule has 0 radical (unpaired) electrons. The number of hydrogen-bond acceptors (Lipinski definition) is 5. The number of para-hydroxylation sites is 2. The second kappa shape index (κ2) is 5.99. The van der Waals surface area contributed by atoms with E-state index in [4.69, 9.17) is 4.42 Å². The molecule has 0 unspecified atom stereocenters. The molecule has 0 saturated carbocycles. The summed E-state index contributed by atoms with van der Waals surface area (Å²) in [6.45, 7) is 1.30. The number of benzene rings is 2. The first kappa shape index (κ1) is 15.5. The van der Waals surface area contributed by atoms with E-state index in [1.54, 1.807) is 37.3 Å². The Balaban J connectivity index is 1.86. The SMILES string of the molecule is Cc1c(NC(=O)Cn2c(=O)oc3ccccc32)cccc1[N+](=O)[O-]. The summed E-state index contributed by atoms with van der Waals surface area (Å²) < 4.78 is 6.27. The number of nitrogens with zero attached hydrogens (tertiary/aromatic N) is 2. The zero-order valence-electron chi connectivity index (χ0n) is 12.7. The third-order valence-electron chi connectivity index (χ3n) is 3.65. The maximum atomic E-state index is 12.2. The Kier molecular flexibility index (Phi) is 3.87. The number of amides is 1. The summed E-state index contributed by atoms with van der Waals surface area (Å²) in [7, 11) is 0. The van der Waals surface area contributed by atoms with Crippen LogP contribution in [0.5, 0.6) is 0 Å². The van der Waals surface area contributed by atoms with Gasteiger partial charge in [-0.3, -0.25) is 19.5 Å². The molecule has 0 aliphatic rings.